The predicted octanol–water partition coefficient (Wildman–Crippen LogP) is 5.38. The fraction of sp³-hybridized carbons (Fsp3) is 0.343. The Morgan fingerprint density at radius 3 is 2.41 bits per heavy atom. The van der Waals surface area contributed by atoms with E-state index in [-0.39, 0.29) is 36.5 Å². The van der Waals surface area contributed by atoms with Crippen molar-refractivity contribution in [2.75, 3.05) is 19.1 Å². The van der Waals surface area contributed by atoms with E-state index in [1.807, 2.05) is 80.6 Å². The largest absolute Gasteiger partial charge is 0.512 e. The van der Waals surface area contributed by atoms with Gasteiger partial charge in [0, 0.05) is 36.8 Å². The maximum atomic E-state index is 14.0. The highest BCUT2D eigenvalue weighted by atomic mass is 16.5. The fourth-order valence-corrected chi connectivity index (χ4v) is 5.97. The zero-order valence-electron chi connectivity index (χ0n) is 25.5. The molecule has 0 saturated carbocycles. The third kappa shape index (κ3) is 6.13. The lowest BCUT2D eigenvalue weighted by atomic mass is 9.78. The van der Waals surface area contributed by atoms with Crippen LogP contribution >= 0.6 is 0 Å². The van der Waals surface area contributed by atoms with Crippen LogP contribution in [0, 0.1) is 0 Å². The number of ether oxygens (including phenoxy) is 3. The summed E-state index contributed by atoms with van der Waals surface area (Å²) in [6.07, 6.45) is 1.05. The molecule has 0 aromatic heterocycles. The van der Waals surface area contributed by atoms with E-state index in [2.05, 4.69) is 4.99 Å². The molecule has 2 aliphatic rings. The Kier molecular flexibility index (Phi) is 9.23. The van der Waals surface area contributed by atoms with Gasteiger partial charge in [0.1, 0.15) is 23.2 Å². The maximum absolute atomic E-state index is 14.0. The highest BCUT2D eigenvalue weighted by molar-refractivity contribution is 6.06. The number of hydrogen-bond donors (Lipinski definition) is 3. The number of fused-ring (bicyclic) bond motifs is 2. The molecule has 0 bridgehead atoms. The number of methoxy groups -OCH3 is 2. The fourth-order valence-electron chi connectivity index (χ4n) is 5.97. The van der Waals surface area contributed by atoms with Crippen molar-refractivity contribution in [2.45, 2.75) is 64.0 Å². The molecule has 44 heavy (non-hydrogen) atoms. The van der Waals surface area contributed by atoms with Crippen molar-refractivity contribution in [3.05, 3.63) is 89.2 Å². The first-order chi connectivity index (χ1) is 21.2. The van der Waals surface area contributed by atoms with Crippen LogP contribution in [0.2, 0.25) is 0 Å². The molecule has 9 nitrogen and oxygen atoms in total. The molecular weight excluding hydrogens is 560 g/mol. The number of nitrogens with zero attached hydrogens (tertiary/aromatic N) is 1. The smallest absolute Gasteiger partial charge is 0.303 e. The molecule has 1 heterocycles. The van der Waals surface area contributed by atoms with Crippen LogP contribution in [0.5, 0.6) is 17.2 Å². The molecule has 0 fully saturated rings. The van der Waals surface area contributed by atoms with Crippen LogP contribution in [-0.2, 0) is 9.59 Å². The minimum atomic E-state index is -1.05. The number of rotatable bonds is 10. The number of benzene rings is 3. The van der Waals surface area contributed by atoms with Gasteiger partial charge in [-0.3, -0.25) is 14.5 Å². The average Bonchev–Trinajstić information content (AvgIpc) is 3.18. The van der Waals surface area contributed by atoms with E-state index in [9.17, 15) is 19.8 Å². The summed E-state index contributed by atoms with van der Waals surface area (Å²) in [4.78, 5) is 30.7. The summed E-state index contributed by atoms with van der Waals surface area (Å²) < 4.78 is 17.4. The lowest BCUT2D eigenvalue weighted by Crippen LogP contribution is -2.67. The number of carboxylic acids is 1. The predicted molar refractivity (Wildman–Crippen MR) is 167 cm³/mol. The molecule has 230 valence electrons. The number of carbonyl (C=O) groups is 2. The van der Waals surface area contributed by atoms with Crippen molar-refractivity contribution in [1.29, 1.82) is 0 Å². The van der Waals surface area contributed by atoms with E-state index in [4.69, 9.17) is 14.2 Å². The lowest BCUT2D eigenvalue weighted by molar-refractivity contribution is -0.354. The topological polar surface area (TPSA) is 119 Å². The SMILES string of the molecule is CCC(C)Oc1ccccc1C1C2=C(O)CC(c3ccc(OC)c(OC)c3)CC2=[NH+]c2ccccc2N1C(=O)CCC(=O)O. The van der Waals surface area contributed by atoms with Gasteiger partial charge in [-0.1, -0.05) is 43.3 Å². The number of allylic oxidation sites excluding steroid dienone is 1. The second kappa shape index (κ2) is 13.2. The van der Waals surface area contributed by atoms with Gasteiger partial charge in [0.15, 0.2) is 17.2 Å². The molecule has 1 amide bonds. The van der Waals surface area contributed by atoms with Gasteiger partial charge in [-0.05, 0) is 43.2 Å². The molecule has 9 heteroatoms. The number of carboxylic acid groups (broad SMARTS) is 1. The van der Waals surface area contributed by atoms with E-state index in [1.54, 1.807) is 19.1 Å². The molecular formula is C35H39N2O7+. The molecule has 3 aromatic rings. The summed E-state index contributed by atoms with van der Waals surface area (Å²) in [7, 11) is 3.18. The van der Waals surface area contributed by atoms with Crippen LogP contribution in [0.4, 0.5) is 11.4 Å². The standard InChI is InChI=1S/C35H38N2O7/c1-5-21(2)44-29-13-9-6-10-24(29)35-34-26(18-23(19-28(34)38)22-14-15-30(42-3)31(20-22)43-4)36-25-11-7-8-12-27(25)37(35)32(39)16-17-33(40)41/h6-15,20-21,23,35,38H,5,16-19H2,1-4H3,(H,40,41)/p+1. The molecule has 3 N–H and O–H groups in total. The van der Waals surface area contributed by atoms with Crippen molar-refractivity contribution < 1.29 is 39.0 Å². The van der Waals surface area contributed by atoms with Crippen LogP contribution in [-0.4, -0.2) is 48.1 Å². The van der Waals surface area contributed by atoms with Gasteiger partial charge in [0.2, 0.25) is 11.6 Å². The maximum Gasteiger partial charge on any atom is 0.303 e. The lowest BCUT2D eigenvalue weighted by Gasteiger charge is -2.35. The van der Waals surface area contributed by atoms with Crippen molar-refractivity contribution in [1.82, 2.24) is 0 Å². The summed E-state index contributed by atoms with van der Waals surface area (Å²) in [5, 5.41) is 21.4. The van der Waals surface area contributed by atoms with Gasteiger partial charge >= 0.3 is 5.97 Å². The highest BCUT2D eigenvalue weighted by Gasteiger charge is 2.44. The molecule has 0 saturated heterocycles. The summed E-state index contributed by atoms with van der Waals surface area (Å²) in [6.45, 7) is 4.02. The van der Waals surface area contributed by atoms with Gasteiger partial charge in [0.25, 0.3) is 0 Å². The van der Waals surface area contributed by atoms with Crippen molar-refractivity contribution >= 4 is 29.0 Å². The first-order valence-electron chi connectivity index (χ1n) is 14.9. The van der Waals surface area contributed by atoms with Crippen LogP contribution in [0.1, 0.15) is 69.0 Å². The van der Waals surface area contributed by atoms with Gasteiger partial charge < -0.3 is 24.4 Å². The summed E-state index contributed by atoms with van der Waals surface area (Å²) in [5.41, 5.74) is 4.33. The van der Waals surface area contributed by atoms with Crippen LogP contribution in [0.15, 0.2) is 78.1 Å². The molecule has 1 aliphatic carbocycles. The van der Waals surface area contributed by atoms with Crippen molar-refractivity contribution in [3.63, 3.8) is 0 Å². The Bertz CT molecular complexity index is 1610. The third-order valence-electron chi connectivity index (χ3n) is 8.32. The number of aliphatic carboxylic acids is 1. The second-order valence-corrected chi connectivity index (χ2v) is 11.1. The van der Waals surface area contributed by atoms with Gasteiger partial charge in [-0.25, -0.2) is 4.99 Å². The minimum absolute atomic E-state index is 0.0877. The first-order valence-corrected chi connectivity index (χ1v) is 14.9. The Labute approximate surface area is 257 Å². The molecule has 3 aromatic carbocycles. The van der Waals surface area contributed by atoms with Gasteiger partial charge in [0.05, 0.1) is 32.3 Å². The molecule has 0 radical (unpaired) electrons. The summed E-state index contributed by atoms with van der Waals surface area (Å²) >= 11 is 0. The first kappa shape index (κ1) is 30.7. The molecule has 1 aliphatic heterocycles. The third-order valence-corrected chi connectivity index (χ3v) is 8.32. The number of aliphatic hydroxyl groups excluding tert-OH is 1. The summed E-state index contributed by atoms with van der Waals surface area (Å²) in [5.74, 6) is 0.460. The van der Waals surface area contributed by atoms with Gasteiger partial charge in [-0.15, -0.1) is 0 Å². The van der Waals surface area contributed by atoms with Crippen molar-refractivity contribution in [3.8, 4) is 17.2 Å². The number of carbonyl (C=O) groups excluding carboxylic acids is 1. The highest BCUT2D eigenvalue weighted by Crippen LogP contribution is 2.47. The number of anilines is 1. The van der Waals surface area contributed by atoms with E-state index >= 15 is 0 Å². The Morgan fingerprint density at radius 1 is 0.955 bits per heavy atom. The normalized spacial score (nSPS) is 18.4. The number of aliphatic hydroxyl groups is 1. The van der Waals surface area contributed by atoms with Crippen molar-refractivity contribution in [2.24, 2.45) is 0 Å². The Balaban J connectivity index is 1.71. The van der Waals surface area contributed by atoms with Crippen LogP contribution in [0.3, 0.4) is 0 Å². The number of amides is 1. The molecule has 5 rings (SSSR count). The summed E-state index contributed by atoms with van der Waals surface area (Å²) in [6, 6.07) is 20.0. The van der Waals surface area contributed by atoms with E-state index in [0.717, 1.165) is 17.7 Å². The quantitative estimate of drug-likeness (QED) is 0.286. The average molecular weight is 600 g/mol. The van der Waals surface area contributed by atoms with E-state index in [0.29, 0.717) is 52.6 Å². The number of hydrogen-bond acceptors (Lipinski definition) is 6. The minimum Gasteiger partial charge on any atom is -0.512 e. The zero-order valence-corrected chi connectivity index (χ0v) is 25.5. The molecule has 3 unspecified atom stereocenters. The molecule has 0 spiro atoms. The van der Waals surface area contributed by atoms with Gasteiger partial charge in [-0.2, -0.15) is 0 Å². The monoisotopic (exact) mass is 599 g/mol. The second-order valence-electron chi connectivity index (χ2n) is 11.1. The van der Waals surface area contributed by atoms with E-state index in [1.165, 1.54) is 0 Å². The number of para-hydroxylation sites is 3. The Hall–Kier alpha value is -4.79. The van der Waals surface area contributed by atoms with E-state index < -0.39 is 12.0 Å². The van der Waals surface area contributed by atoms with Crippen LogP contribution in [0.25, 0.3) is 0 Å². The number of nitrogens with one attached hydrogen (secondary N) is 1. The Morgan fingerprint density at radius 2 is 1.68 bits per heavy atom. The van der Waals surface area contributed by atoms with Crippen LogP contribution < -0.4 is 24.1 Å². The molecule has 3 atom stereocenters. The zero-order chi connectivity index (χ0) is 31.4.